The number of amides is 1. The fourth-order valence-corrected chi connectivity index (χ4v) is 4.04. The molecule has 1 amide bonds. The third-order valence-corrected chi connectivity index (χ3v) is 5.58. The summed E-state index contributed by atoms with van der Waals surface area (Å²) in [6, 6.07) is 7.32. The van der Waals surface area contributed by atoms with E-state index < -0.39 is 0 Å². The van der Waals surface area contributed by atoms with Gasteiger partial charge in [-0.25, -0.2) is 0 Å². The van der Waals surface area contributed by atoms with Crippen LogP contribution in [0.5, 0.6) is 11.5 Å². The van der Waals surface area contributed by atoms with Crippen LogP contribution in [0, 0.1) is 0 Å². The maximum Gasteiger partial charge on any atom is 0.255 e. The highest BCUT2D eigenvalue weighted by Gasteiger charge is 2.28. The maximum atomic E-state index is 12.8. The zero-order chi connectivity index (χ0) is 22.5. The fraction of sp³-hybridized carbons (Fsp3) is 0.304. The molecule has 0 aliphatic carbocycles. The topological polar surface area (TPSA) is 100 Å². The SMILES string of the molecule is CNCCCOc1cnccc1-c1[nH]c2c(c1Nc1cccc(Cl)c1OC)C(=O)NCC2. The third kappa shape index (κ3) is 4.37. The van der Waals surface area contributed by atoms with E-state index in [-0.39, 0.29) is 5.91 Å². The number of aromatic amines is 1. The first kappa shape index (κ1) is 22.0. The molecule has 168 valence electrons. The average Bonchev–Trinajstić information content (AvgIpc) is 3.16. The minimum Gasteiger partial charge on any atom is -0.493 e. The van der Waals surface area contributed by atoms with Crippen molar-refractivity contribution < 1.29 is 14.3 Å². The number of pyridine rings is 1. The number of nitrogens with zero attached hydrogens (tertiary/aromatic N) is 1. The summed E-state index contributed by atoms with van der Waals surface area (Å²) in [7, 11) is 3.47. The van der Waals surface area contributed by atoms with E-state index in [4.69, 9.17) is 21.1 Å². The number of aromatic nitrogens is 2. The van der Waals surface area contributed by atoms with Crippen molar-refractivity contribution in [1.82, 2.24) is 20.6 Å². The number of halogens is 1. The van der Waals surface area contributed by atoms with Gasteiger partial charge in [0, 0.05) is 30.4 Å². The average molecular weight is 456 g/mol. The quantitative estimate of drug-likeness (QED) is 0.367. The molecule has 9 heteroatoms. The van der Waals surface area contributed by atoms with Gasteiger partial charge in [-0.15, -0.1) is 0 Å². The van der Waals surface area contributed by atoms with Gasteiger partial charge >= 0.3 is 0 Å². The van der Waals surface area contributed by atoms with E-state index in [0.29, 0.717) is 53.0 Å². The highest BCUT2D eigenvalue weighted by Crippen LogP contribution is 2.42. The van der Waals surface area contributed by atoms with Gasteiger partial charge in [0.25, 0.3) is 5.91 Å². The van der Waals surface area contributed by atoms with Gasteiger partial charge in [0.05, 0.1) is 47.6 Å². The summed E-state index contributed by atoms with van der Waals surface area (Å²) in [5, 5.41) is 9.90. The Kier molecular flexibility index (Phi) is 6.82. The number of rotatable bonds is 9. The molecular formula is C23H26ClN5O3. The predicted molar refractivity (Wildman–Crippen MR) is 125 cm³/mol. The number of carbonyl (C=O) groups is 1. The van der Waals surface area contributed by atoms with Gasteiger partial charge in [0.1, 0.15) is 5.75 Å². The first-order chi connectivity index (χ1) is 15.6. The van der Waals surface area contributed by atoms with Crippen molar-refractivity contribution in [2.45, 2.75) is 12.8 Å². The van der Waals surface area contributed by atoms with Crippen molar-refractivity contribution in [2.75, 3.05) is 39.2 Å². The molecule has 0 bridgehead atoms. The second-order valence-corrected chi connectivity index (χ2v) is 7.76. The number of hydrogen-bond acceptors (Lipinski definition) is 6. The second-order valence-electron chi connectivity index (χ2n) is 7.36. The largest absolute Gasteiger partial charge is 0.493 e. The Bertz CT molecular complexity index is 1120. The van der Waals surface area contributed by atoms with Crippen molar-refractivity contribution in [1.29, 1.82) is 0 Å². The van der Waals surface area contributed by atoms with E-state index in [2.05, 4.69) is 25.9 Å². The molecule has 32 heavy (non-hydrogen) atoms. The van der Waals surface area contributed by atoms with E-state index >= 15 is 0 Å². The Morgan fingerprint density at radius 2 is 2.16 bits per heavy atom. The van der Waals surface area contributed by atoms with Crippen LogP contribution in [-0.4, -0.2) is 49.7 Å². The molecular weight excluding hydrogens is 430 g/mol. The number of H-pyrrole nitrogens is 1. The minimum absolute atomic E-state index is 0.136. The molecule has 1 aliphatic heterocycles. The Hall–Kier alpha value is -3.23. The number of nitrogens with one attached hydrogen (secondary N) is 4. The fourth-order valence-electron chi connectivity index (χ4n) is 3.79. The monoisotopic (exact) mass is 455 g/mol. The molecule has 0 saturated carbocycles. The number of methoxy groups -OCH3 is 1. The lowest BCUT2D eigenvalue weighted by molar-refractivity contribution is 0.0947. The van der Waals surface area contributed by atoms with Gasteiger partial charge in [-0.2, -0.15) is 0 Å². The number of benzene rings is 1. The number of anilines is 2. The molecule has 0 fully saturated rings. The Balaban J connectivity index is 1.80. The van der Waals surface area contributed by atoms with Crippen molar-refractivity contribution in [3.8, 4) is 22.8 Å². The highest BCUT2D eigenvalue weighted by atomic mass is 35.5. The van der Waals surface area contributed by atoms with Crippen LogP contribution in [0.1, 0.15) is 22.5 Å². The van der Waals surface area contributed by atoms with E-state index in [0.717, 1.165) is 29.9 Å². The smallest absolute Gasteiger partial charge is 0.255 e. The summed E-state index contributed by atoms with van der Waals surface area (Å²) in [6.07, 6.45) is 4.96. The molecule has 8 nitrogen and oxygen atoms in total. The van der Waals surface area contributed by atoms with Gasteiger partial charge in [0.15, 0.2) is 5.75 Å². The molecule has 3 heterocycles. The van der Waals surface area contributed by atoms with Crippen LogP contribution in [0.15, 0.2) is 36.7 Å². The van der Waals surface area contributed by atoms with E-state index in [1.807, 2.05) is 25.2 Å². The van der Waals surface area contributed by atoms with Crippen molar-refractivity contribution in [3.05, 3.63) is 52.9 Å². The lowest BCUT2D eigenvalue weighted by Crippen LogP contribution is -2.31. The first-order valence-electron chi connectivity index (χ1n) is 10.5. The standard InChI is InChI=1S/C23H26ClN5O3/c1-25-9-4-12-32-18-13-26-10-7-14(18)20-21(19-16(28-20)8-11-27-23(19)30)29-17-6-3-5-15(24)22(17)31-2/h3,5-7,10,13,25,28-29H,4,8-9,11-12H2,1-2H3,(H,27,30). The van der Waals surface area contributed by atoms with E-state index in [9.17, 15) is 4.79 Å². The molecule has 0 atom stereocenters. The minimum atomic E-state index is -0.136. The highest BCUT2D eigenvalue weighted by molar-refractivity contribution is 6.32. The lowest BCUT2D eigenvalue weighted by atomic mass is 10.0. The van der Waals surface area contributed by atoms with Crippen LogP contribution in [0.2, 0.25) is 5.02 Å². The molecule has 4 N–H and O–H groups in total. The Morgan fingerprint density at radius 1 is 1.28 bits per heavy atom. The molecule has 4 rings (SSSR count). The maximum absolute atomic E-state index is 12.8. The van der Waals surface area contributed by atoms with Crippen molar-refractivity contribution >= 4 is 28.9 Å². The normalized spacial score (nSPS) is 12.8. The zero-order valence-corrected chi connectivity index (χ0v) is 18.8. The predicted octanol–water partition coefficient (Wildman–Crippen LogP) is 3.76. The summed E-state index contributed by atoms with van der Waals surface area (Å²) >= 11 is 6.32. The number of hydrogen-bond donors (Lipinski definition) is 4. The van der Waals surface area contributed by atoms with Crippen LogP contribution in [-0.2, 0) is 6.42 Å². The van der Waals surface area contributed by atoms with Gasteiger partial charge in [0.2, 0.25) is 0 Å². The molecule has 0 saturated heterocycles. The lowest BCUT2D eigenvalue weighted by Gasteiger charge is -2.17. The van der Waals surface area contributed by atoms with E-state index in [1.165, 1.54) is 0 Å². The third-order valence-electron chi connectivity index (χ3n) is 5.28. The summed E-state index contributed by atoms with van der Waals surface area (Å²) in [6.45, 7) is 1.98. The van der Waals surface area contributed by atoms with Crippen LogP contribution >= 0.6 is 11.6 Å². The van der Waals surface area contributed by atoms with Gasteiger partial charge in [-0.1, -0.05) is 17.7 Å². The number of ether oxygens (including phenoxy) is 2. The number of carbonyl (C=O) groups excluding carboxylic acids is 1. The molecule has 0 unspecified atom stereocenters. The number of fused-ring (bicyclic) bond motifs is 1. The van der Waals surface area contributed by atoms with Crippen molar-refractivity contribution in [2.24, 2.45) is 0 Å². The molecule has 2 aromatic heterocycles. The van der Waals surface area contributed by atoms with Gasteiger partial charge < -0.3 is 30.4 Å². The second kappa shape index (κ2) is 9.93. The summed E-state index contributed by atoms with van der Waals surface area (Å²) in [5.74, 6) is 1.01. The number of para-hydroxylation sites is 1. The summed E-state index contributed by atoms with van der Waals surface area (Å²) < 4.78 is 11.5. The van der Waals surface area contributed by atoms with Crippen LogP contribution < -0.4 is 25.4 Å². The van der Waals surface area contributed by atoms with Gasteiger partial charge in [-0.05, 0) is 38.2 Å². The van der Waals surface area contributed by atoms with Crippen LogP contribution in [0.3, 0.4) is 0 Å². The Labute approximate surface area is 191 Å². The summed E-state index contributed by atoms with van der Waals surface area (Å²) in [5.41, 5.74) is 4.31. The molecule has 0 spiro atoms. The molecule has 0 radical (unpaired) electrons. The van der Waals surface area contributed by atoms with Crippen LogP contribution in [0.25, 0.3) is 11.3 Å². The zero-order valence-electron chi connectivity index (χ0n) is 18.0. The Morgan fingerprint density at radius 3 is 2.97 bits per heavy atom. The molecule has 1 aromatic carbocycles. The van der Waals surface area contributed by atoms with E-state index in [1.54, 1.807) is 25.6 Å². The van der Waals surface area contributed by atoms with Crippen LogP contribution in [0.4, 0.5) is 11.4 Å². The van der Waals surface area contributed by atoms with Crippen molar-refractivity contribution in [3.63, 3.8) is 0 Å². The summed E-state index contributed by atoms with van der Waals surface area (Å²) in [4.78, 5) is 20.5. The first-order valence-corrected chi connectivity index (χ1v) is 10.9. The molecule has 1 aliphatic rings. The molecule has 3 aromatic rings. The van der Waals surface area contributed by atoms with Gasteiger partial charge in [-0.3, -0.25) is 9.78 Å².